The average molecular weight is 744 g/mol. The monoisotopic (exact) mass is 743 g/mol. The molecule has 2 fully saturated rings. The third-order valence-electron chi connectivity index (χ3n) is 9.24. The van der Waals surface area contributed by atoms with E-state index in [9.17, 15) is 27.6 Å². The van der Waals surface area contributed by atoms with Gasteiger partial charge in [0.05, 0.1) is 27.0 Å². The van der Waals surface area contributed by atoms with E-state index < -0.39 is 68.4 Å². The van der Waals surface area contributed by atoms with Crippen molar-refractivity contribution in [3.63, 3.8) is 0 Å². The second-order valence-corrected chi connectivity index (χ2v) is 18.0. The van der Waals surface area contributed by atoms with E-state index in [1.54, 1.807) is 38.2 Å². The first-order chi connectivity index (χ1) is 24.0. The normalized spacial score (nSPS) is 25.0. The summed E-state index contributed by atoms with van der Waals surface area (Å²) in [5, 5.41) is 5.65. The number of hydrogen-bond donors (Lipinski definition) is 3. The number of thiazole rings is 1. The van der Waals surface area contributed by atoms with Crippen molar-refractivity contribution in [3.8, 4) is 5.75 Å². The van der Waals surface area contributed by atoms with Crippen molar-refractivity contribution >= 4 is 55.4 Å². The molecule has 3 N–H and O–H groups in total. The van der Waals surface area contributed by atoms with Crippen LogP contribution in [0.2, 0.25) is 0 Å². The Morgan fingerprint density at radius 3 is 2.71 bits per heavy atom. The maximum absolute atomic E-state index is 14.3. The van der Waals surface area contributed by atoms with Gasteiger partial charge in [0, 0.05) is 24.5 Å². The Morgan fingerprint density at radius 1 is 1.22 bits per heavy atom. The molecular weight excluding hydrogens is 695 g/mol. The van der Waals surface area contributed by atoms with Crippen LogP contribution in [0.1, 0.15) is 97.4 Å². The van der Waals surface area contributed by atoms with Crippen molar-refractivity contribution in [2.45, 2.75) is 134 Å². The zero-order valence-corrected chi connectivity index (χ0v) is 31.8. The van der Waals surface area contributed by atoms with Gasteiger partial charge < -0.3 is 25.0 Å². The maximum atomic E-state index is 14.3. The van der Waals surface area contributed by atoms with Gasteiger partial charge in [0.2, 0.25) is 21.8 Å². The molecule has 3 aliphatic rings. The first-order valence-corrected chi connectivity index (χ1v) is 20.0. The Hall–Kier alpha value is -3.94. The number of fused-ring (bicyclic) bond motifs is 3. The van der Waals surface area contributed by atoms with Gasteiger partial charge >= 0.3 is 6.09 Å². The van der Waals surface area contributed by atoms with Gasteiger partial charge in [-0.25, -0.2) is 18.2 Å². The molecule has 3 heterocycles. The molecule has 0 bridgehead atoms. The molecule has 0 spiro atoms. The minimum Gasteiger partial charge on any atom is -0.488 e. The summed E-state index contributed by atoms with van der Waals surface area (Å²) >= 11 is 1.56. The highest BCUT2D eigenvalue weighted by Crippen LogP contribution is 2.43. The minimum atomic E-state index is -4.02. The second kappa shape index (κ2) is 15.3. The summed E-state index contributed by atoms with van der Waals surface area (Å²) in [5.41, 5.74) is 1.93. The first-order valence-electron chi connectivity index (χ1n) is 17.7. The van der Waals surface area contributed by atoms with E-state index in [1.165, 1.54) is 11.8 Å². The third-order valence-corrected chi connectivity index (χ3v) is 12.0. The number of benzene rings is 1. The van der Waals surface area contributed by atoms with Crippen LogP contribution in [0.3, 0.4) is 0 Å². The molecule has 1 aliphatic carbocycles. The first kappa shape index (κ1) is 38.3. The number of sulfonamides is 1. The number of alkyl carbamates (subject to hydrolysis) is 1. The summed E-state index contributed by atoms with van der Waals surface area (Å²) in [5.74, 6) is -1.46. The molecule has 4 amide bonds. The van der Waals surface area contributed by atoms with Crippen molar-refractivity contribution in [1.29, 1.82) is 0 Å². The second-order valence-electron chi connectivity index (χ2n) is 14.7. The lowest BCUT2D eigenvalue weighted by molar-refractivity contribution is -0.141. The Morgan fingerprint density at radius 2 is 1.98 bits per heavy atom. The molecule has 13 nitrogen and oxygen atoms in total. The van der Waals surface area contributed by atoms with E-state index in [0.717, 1.165) is 28.1 Å². The molecule has 5 atom stereocenters. The standard InChI is InChI=1S/C36H49N5O8S2/c1-7-13-22(2)51(46,47)40-33(44)36-20-24(36)14-11-9-8-10-12-15-27(38-34(45)49-35(4,5)6)32(43)41-21-26(19-29(41)31(42)39-36)48-25-16-17-30-28(18-25)37-23(3)50-30/h11,16-18,22,26-27,29H,7-10,12-13,15,19-21H2,1-6H3,(H,38,45)(H,39,42)(H,40,44)/t14?,22?,26-,27+,29+,36-/m1/s1. The van der Waals surface area contributed by atoms with Crippen LogP contribution in [0.4, 0.5) is 4.79 Å². The lowest BCUT2D eigenvalue weighted by Crippen LogP contribution is -2.58. The van der Waals surface area contributed by atoms with E-state index in [1.807, 2.05) is 32.0 Å². The Labute approximate surface area is 303 Å². The lowest BCUT2D eigenvalue weighted by atomic mass is 10.0. The number of aryl methyl sites for hydroxylation is 1. The van der Waals surface area contributed by atoms with Gasteiger partial charge in [-0.1, -0.05) is 26.2 Å². The highest BCUT2D eigenvalue weighted by Gasteiger charge is 2.59. The fraction of sp³-hybridized carbons (Fsp3) is 0.611. The van der Waals surface area contributed by atoms with E-state index >= 15 is 0 Å². The number of hydrogen-bond acceptors (Lipinski definition) is 10. The van der Waals surface area contributed by atoms with Gasteiger partial charge in [0.1, 0.15) is 29.5 Å². The summed E-state index contributed by atoms with van der Waals surface area (Å²) in [6.07, 6.45) is 4.63. The zero-order chi connectivity index (χ0) is 37.1. The molecular formula is C36H49N5O8S2. The molecule has 1 aromatic heterocycles. The van der Waals surface area contributed by atoms with Gasteiger partial charge in [0.15, 0.2) is 5.54 Å². The number of carbonyl (C=O) groups excluding carboxylic acids is 4. The highest BCUT2D eigenvalue weighted by atomic mass is 32.2. The van der Waals surface area contributed by atoms with E-state index in [4.69, 9.17) is 9.47 Å². The number of ether oxygens (including phenoxy) is 2. The number of rotatable bonds is 8. The molecule has 15 heteroatoms. The van der Waals surface area contributed by atoms with Crippen molar-refractivity contribution in [3.05, 3.63) is 40.6 Å². The summed E-state index contributed by atoms with van der Waals surface area (Å²) in [7, 11) is -4.02. The predicted molar refractivity (Wildman–Crippen MR) is 194 cm³/mol. The topological polar surface area (TPSA) is 173 Å². The molecule has 2 aliphatic heterocycles. The minimum absolute atomic E-state index is 0.0300. The molecule has 1 saturated carbocycles. The molecule has 1 unspecified atom stereocenters. The number of aromatic nitrogens is 1. The van der Waals surface area contributed by atoms with E-state index in [-0.39, 0.29) is 19.4 Å². The molecule has 1 saturated heterocycles. The summed E-state index contributed by atoms with van der Waals surface area (Å²) in [4.78, 5) is 61.2. The van der Waals surface area contributed by atoms with E-state index in [2.05, 4.69) is 26.1 Å². The molecule has 51 heavy (non-hydrogen) atoms. The fourth-order valence-electron chi connectivity index (χ4n) is 6.50. The van der Waals surface area contributed by atoms with Crippen LogP contribution >= 0.6 is 11.3 Å². The summed E-state index contributed by atoms with van der Waals surface area (Å²) < 4.78 is 41.1. The molecule has 2 aromatic rings. The quantitative estimate of drug-likeness (QED) is 0.322. The Kier molecular flexibility index (Phi) is 11.5. The van der Waals surface area contributed by atoms with Gasteiger partial charge in [-0.05, 0) is 78.5 Å². The molecule has 1 aromatic carbocycles. The van der Waals surface area contributed by atoms with Crippen LogP contribution in [0.25, 0.3) is 10.2 Å². The third kappa shape index (κ3) is 9.30. The SMILES string of the molecule is CCCC(C)S(=O)(=O)NC(=O)[C@@]12CC1=C=CCCCCC[C@H](NC(=O)OC(C)(C)C)C(=O)N1C[C@H](Oc3ccc4sc(C)nc4c3)C[C@H]1C(=O)N2. The summed E-state index contributed by atoms with van der Waals surface area (Å²) in [6, 6.07) is 3.47. The summed E-state index contributed by atoms with van der Waals surface area (Å²) in [6.45, 7) is 10.5. The number of nitrogens with one attached hydrogen (secondary N) is 3. The van der Waals surface area contributed by atoms with E-state index in [0.29, 0.717) is 43.4 Å². The van der Waals surface area contributed by atoms with Gasteiger partial charge in [-0.2, -0.15) is 0 Å². The zero-order valence-electron chi connectivity index (χ0n) is 30.2. The Balaban J connectivity index is 1.46. The van der Waals surface area contributed by atoms with Gasteiger partial charge in [-0.15, -0.1) is 17.1 Å². The average Bonchev–Trinajstić information content (AvgIpc) is 3.35. The number of carbonyl (C=O) groups is 4. The van der Waals surface area contributed by atoms with Crippen LogP contribution in [0.15, 0.2) is 35.6 Å². The maximum Gasteiger partial charge on any atom is 0.408 e. The number of amides is 4. The fourth-order valence-corrected chi connectivity index (χ4v) is 8.49. The highest BCUT2D eigenvalue weighted by molar-refractivity contribution is 7.90. The smallest absolute Gasteiger partial charge is 0.408 e. The molecule has 5 rings (SSSR count). The van der Waals surface area contributed by atoms with Crippen LogP contribution in [-0.2, 0) is 29.1 Å². The lowest BCUT2D eigenvalue weighted by Gasteiger charge is -2.30. The van der Waals surface area contributed by atoms with Crippen molar-refractivity contribution < 1.29 is 37.1 Å². The van der Waals surface area contributed by atoms with Gasteiger partial charge in [0.25, 0.3) is 5.91 Å². The largest absolute Gasteiger partial charge is 0.488 e. The van der Waals surface area contributed by atoms with Crippen LogP contribution < -0.4 is 20.1 Å². The van der Waals surface area contributed by atoms with Crippen molar-refractivity contribution in [2.24, 2.45) is 0 Å². The molecule has 0 radical (unpaired) electrons. The van der Waals surface area contributed by atoms with Crippen LogP contribution in [0.5, 0.6) is 5.75 Å². The van der Waals surface area contributed by atoms with Crippen molar-refractivity contribution in [2.75, 3.05) is 6.54 Å². The molecule has 278 valence electrons. The van der Waals surface area contributed by atoms with Gasteiger partial charge in [-0.3, -0.25) is 19.1 Å². The Bertz CT molecular complexity index is 1840. The number of nitrogens with zero attached hydrogens (tertiary/aromatic N) is 2. The predicted octanol–water partition coefficient (Wildman–Crippen LogP) is 4.79. The van der Waals surface area contributed by atoms with Crippen LogP contribution in [-0.4, -0.2) is 83.2 Å². The van der Waals surface area contributed by atoms with Crippen LogP contribution in [0, 0.1) is 6.92 Å². The van der Waals surface area contributed by atoms with Crippen molar-refractivity contribution in [1.82, 2.24) is 25.2 Å².